The number of methoxy groups -OCH3 is 1. The van der Waals surface area contributed by atoms with Gasteiger partial charge in [-0.3, -0.25) is 4.90 Å². The maximum atomic E-state index is 13.0. The zero-order chi connectivity index (χ0) is 24.4. The number of carbonyl (C=O) groups is 1. The minimum Gasteiger partial charge on any atom is -0.491 e. The van der Waals surface area contributed by atoms with Crippen molar-refractivity contribution < 1.29 is 19.0 Å². The molecular formula is C29H38N2O4. The van der Waals surface area contributed by atoms with E-state index in [-0.39, 0.29) is 23.7 Å². The van der Waals surface area contributed by atoms with Crippen LogP contribution in [0.4, 0.5) is 4.79 Å². The van der Waals surface area contributed by atoms with E-state index in [4.69, 9.17) is 14.2 Å². The molecule has 1 amide bonds. The number of para-hydroxylation sites is 1. The molecule has 4 aliphatic rings. The summed E-state index contributed by atoms with van der Waals surface area (Å²) in [5.41, 5.74) is 4.62. The molecule has 1 unspecified atom stereocenters. The third-order valence-electron chi connectivity index (χ3n) is 8.13. The Labute approximate surface area is 208 Å². The summed E-state index contributed by atoms with van der Waals surface area (Å²) < 4.78 is 17.1. The van der Waals surface area contributed by atoms with Gasteiger partial charge in [0.15, 0.2) is 0 Å². The molecule has 3 aliphatic heterocycles. The molecule has 2 atom stereocenters. The van der Waals surface area contributed by atoms with Crippen LogP contribution in [0.25, 0.3) is 11.1 Å². The molecule has 35 heavy (non-hydrogen) atoms. The van der Waals surface area contributed by atoms with E-state index in [2.05, 4.69) is 48.3 Å². The molecule has 6 heteroatoms. The summed E-state index contributed by atoms with van der Waals surface area (Å²) >= 11 is 0. The molecule has 2 bridgehead atoms. The van der Waals surface area contributed by atoms with Crippen LogP contribution in [0.3, 0.4) is 0 Å². The Bertz CT molecular complexity index is 1040. The molecule has 2 aromatic rings. The summed E-state index contributed by atoms with van der Waals surface area (Å²) in [4.78, 5) is 15.4. The zero-order valence-electron chi connectivity index (χ0n) is 21.2. The Hall–Kier alpha value is -2.57. The first-order valence-electron chi connectivity index (χ1n) is 13.0. The number of rotatable bonds is 7. The van der Waals surface area contributed by atoms with Crippen molar-refractivity contribution in [3.05, 3.63) is 53.6 Å². The predicted molar refractivity (Wildman–Crippen MR) is 137 cm³/mol. The lowest BCUT2D eigenvalue weighted by atomic mass is 9.70. The van der Waals surface area contributed by atoms with Gasteiger partial charge in [0, 0.05) is 19.2 Å². The van der Waals surface area contributed by atoms with Crippen molar-refractivity contribution in [2.24, 2.45) is 11.3 Å². The summed E-state index contributed by atoms with van der Waals surface area (Å²) in [5, 5.41) is 3.26. The highest BCUT2D eigenvalue weighted by Gasteiger charge is 2.40. The van der Waals surface area contributed by atoms with E-state index in [1.807, 2.05) is 18.2 Å². The van der Waals surface area contributed by atoms with Gasteiger partial charge in [-0.25, -0.2) is 4.79 Å². The summed E-state index contributed by atoms with van der Waals surface area (Å²) in [6, 6.07) is 14.6. The molecule has 2 aromatic carbocycles. The van der Waals surface area contributed by atoms with Gasteiger partial charge in [-0.05, 0) is 72.9 Å². The highest BCUT2D eigenvalue weighted by atomic mass is 16.6. The molecule has 6 rings (SSSR count). The molecular weight excluding hydrogens is 440 g/mol. The number of hydrogen-bond donors (Lipinski definition) is 1. The van der Waals surface area contributed by atoms with Crippen LogP contribution in [0.1, 0.15) is 50.3 Å². The van der Waals surface area contributed by atoms with Crippen LogP contribution in [0, 0.1) is 11.3 Å². The van der Waals surface area contributed by atoms with Gasteiger partial charge in [0.25, 0.3) is 0 Å². The summed E-state index contributed by atoms with van der Waals surface area (Å²) in [6.07, 6.45) is 3.98. The van der Waals surface area contributed by atoms with Crippen LogP contribution in [0.15, 0.2) is 42.5 Å². The fraction of sp³-hybridized carbons (Fsp3) is 0.552. The predicted octanol–water partition coefficient (Wildman–Crippen LogP) is 5.21. The number of aryl methyl sites for hydroxylation is 1. The third kappa shape index (κ3) is 5.19. The van der Waals surface area contributed by atoms with Crippen molar-refractivity contribution >= 4 is 6.09 Å². The van der Waals surface area contributed by atoms with Crippen molar-refractivity contribution in [2.75, 3.05) is 40.0 Å². The maximum absolute atomic E-state index is 13.0. The van der Waals surface area contributed by atoms with Crippen LogP contribution in [0.2, 0.25) is 0 Å². The number of nitrogens with zero attached hydrogens (tertiary/aromatic N) is 1. The van der Waals surface area contributed by atoms with Gasteiger partial charge in [0.1, 0.15) is 18.5 Å². The Morgan fingerprint density at radius 1 is 1.11 bits per heavy atom. The van der Waals surface area contributed by atoms with Gasteiger partial charge in [0.05, 0.1) is 12.6 Å². The van der Waals surface area contributed by atoms with Crippen molar-refractivity contribution in [3.8, 4) is 16.9 Å². The topological polar surface area (TPSA) is 60.0 Å². The average molecular weight is 479 g/mol. The van der Waals surface area contributed by atoms with Crippen molar-refractivity contribution in [3.63, 3.8) is 0 Å². The molecule has 6 nitrogen and oxygen atoms in total. The second-order valence-electron chi connectivity index (χ2n) is 10.9. The number of hydrogen-bond acceptors (Lipinski definition) is 5. The van der Waals surface area contributed by atoms with Crippen molar-refractivity contribution in [1.29, 1.82) is 0 Å². The molecule has 0 saturated carbocycles. The lowest BCUT2D eigenvalue weighted by molar-refractivity contribution is -0.0353. The number of ether oxygens (including phenoxy) is 3. The van der Waals surface area contributed by atoms with Crippen molar-refractivity contribution in [2.45, 2.75) is 51.7 Å². The molecule has 0 radical (unpaired) electrons. The van der Waals surface area contributed by atoms with Crippen LogP contribution >= 0.6 is 0 Å². The zero-order valence-corrected chi connectivity index (χ0v) is 21.2. The highest BCUT2D eigenvalue weighted by molar-refractivity contribution is 5.72. The SMILES string of the molecule is COCCOc1ccccc1-c1ccc2c(c1)CCC(C)(C)C2NC(=O)O[C@@H]1CN2CCC1CC2. The van der Waals surface area contributed by atoms with Gasteiger partial charge in [-0.1, -0.05) is 50.2 Å². The largest absolute Gasteiger partial charge is 0.491 e. The first-order valence-corrected chi connectivity index (χ1v) is 13.0. The fourth-order valence-electron chi connectivity index (χ4n) is 5.97. The van der Waals surface area contributed by atoms with Crippen LogP contribution in [-0.2, 0) is 15.9 Å². The smallest absolute Gasteiger partial charge is 0.407 e. The second-order valence-corrected chi connectivity index (χ2v) is 10.9. The normalized spacial score (nSPS) is 26.6. The van der Waals surface area contributed by atoms with E-state index in [9.17, 15) is 4.79 Å². The highest BCUT2D eigenvalue weighted by Crippen LogP contribution is 2.45. The van der Waals surface area contributed by atoms with E-state index in [0.717, 1.165) is 62.2 Å². The minimum atomic E-state index is -0.282. The number of carbonyl (C=O) groups excluding carboxylic acids is 1. The van der Waals surface area contributed by atoms with Crippen molar-refractivity contribution in [1.82, 2.24) is 10.2 Å². The van der Waals surface area contributed by atoms with Crippen LogP contribution in [0.5, 0.6) is 5.75 Å². The van der Waals surface area contributed by atoms with E-state index in [0.29, 0.717) is 19.1 Å². The van der Waals surface area contributed by atoms with Gasteiger partial charge in [-0.15, -0.1) is 0 Å². The Kier molecular flexibility index (Phi) is 7.03. The first-order chi connectivity index (χ1) is 16.9. The van der Waals surface area contributed by atoms with E-state index >= 15 is 0 Å². The molecule has 1 aliphatic carbocycles. The monoisotopic (exact) mass is 478 g/mol. The quantitative estimate of drug-likeness (QED) is 0.554. The third-order valence-corrected chi connectivity index (χ3v) is 8.13. The summed E-state index contributed by atoms with van der Waals surface area (Å²) in [7, 11) is 1.68. The minimum absolute atomic E-state index is 0.0145. The van der Waals surface area contributed by atoms with Crippen LogP contribution < -0.4 is 10.1 Å². The van der Waals surface area contributed by atoms with E-state index in [1.165, 1.54) is 11.1 Å². The maximum Gasteiger partial charge on any atom is 0.407 e. The Morgan fingerprint density at radius 2 is 1.91 bits per heavy atom. The molecule has 1 N–H and O–H groups in total. The number of benzene rings is 2. The molecule has 3 fully saturated rings. The van der Waals surface area contributed by atoms with Crippen LogP contribution in [-0.4, -0.2) is 57.1 Å². The molecule has 0 aromatic heterocycles. The molecule has 3 heterocycles. The second kappa shape index (κ2) is 10.2. The average Bonchev–Trinajstić information content (AvgIpc) is 2.87. The first kappa shape index (κ1) is 24.1. The number of fused-ring (bicyclic) bond motifs is 4. The number of amides is 1. The van der Waals surface area contributed by atoms with Gasteiger partial charge >= 0.3 is 6.09 Å². The van der Waals surface area contributed by atoms with E-state index < -0.39 is 0 Å². The number of piperidine rings is 3. The van der Waals surface area contributed by atoms with Gasteiger partial charge in [0.2, 0.25) is 0 Å². The Morgan fingerprint density at radius 3 is 2.66 bits per heavy atom. The molecule has 188 valence electrons. The van der Waals surface area contributed by atoms with Gasteiger partial charge in [-0.2, -0.15) is 0 Å². The van der Waals surface area contributed by atoms with Gasteiger partial charge < -0.3 is 19.5 Å². The Balaban J connectivity index is 1.34. The number of alkyl carbamates (subject to hydrolysis) is 1. The fourth-order valence-corrected chi connectivity index (χ4v) is 5.97. The number of nitrogens with one attached hydrogen (secondary N) is 1. The lowest BCUT2D eigenvalue weighted by Gasteiger charge is -2.44. The lowest BCUT2D eigenvalue weighted by Crippen LogP contribution is -2.53. The standard InChI is InChI=1S/C29H38N2O4/c1-29(2)13-10-22-18-21(23-6-4-5-7-25(23)34-17-16-33-3)8-9-24(22)27(29)30-28(32)35-26-19-31-14-11-20(26)12-15-31/h4-9,18,20,26-27H,10-17,19H2,1-3H3,(H,30,32)/t26-,27?/m1/s1. The molecule has 3 saturated heterocycles. The summed E-state index contributed by atoms with van der Waals surface area (Å²) in [5.74, 6) is 1.36. The molecule has 0 spiro atoms. The summed E-state index contributed by atoms with van der Waals surface area (Å²) in [6.45, 7) is 8.69. The van der Waals surface area contributed by atoms with E-state index in [1.54, 1.807) is 7.11 Å².